The van der Waals surface area contributed by atoms with Gasteiger partial charge >= 0.3 is 0 Å². The van der Waals surface area contributed by atoms with Gasteiger partial charge in [-0.2, -0.15) is 0 Å². The first-order valence-electron chi connectivity index (χ1n) is 12.1. The molecule has 4 aliphatic carbocycles. The number of hydrogen-bond acceptors (Lipinski definition) is 0. The van der Waals surface area contributed by atoms with Crippen LogP contribution in [0.3, 0.4) is 0 Å². The van der Waals surface area contributed by atoms with Crippen LogP contribution in [0.25, 0.3) is 0 Å². The Morgan fingerprint density at radius 2 is 1.81 bits per heavy atom. The summed E-state index contributed by atoms with van der Waals surface area (Å²) in [5.41, 5.74) is 4.92. The first-order chi connectivity index (χ1) is 12.7. The molecule has 0 amide bonds. The molecular weight excluding hydrogens is 324 g/mol. The number of hydrogen-bond donors (Lipinski definition) is 0. The summed E-state index contributed by atoms with van der Waals surface area (Å²) in [6, 6.07) is 0. The molecule has 0 heteroatoms. The van der Waals surface area contributed by atoms with E-state index in [2.05, 4.69) is 47.3 Å². The summed E-state index contributed by atoms with van der Waals surface area (Å²) in [7, 11) is 0. The molecule has 0 heterocycles. The summed E-state index contributed by atoms with van der Waals surface area (Å²) < 4.78 is 0. The third kappa shape index (κ3) is 3.00. The van der Waals surface area contributed by atoms with Crippen LogP contribution < -0.4 is 0 Å². The van der Waals surface area contributed by atoms with Crippen LogP contribution >= 0.6 is 0 Å². The van der Waals surface area contributed by atoms with Crippen LogP contribution in [0.4, 0.5) is 0 Å². The van der Waals surface area contributed by atoms with E-state index in [-0.39, 0.29) is 0 Å². The molecule has 0 aromatic heterocycles. The Balaban J connectivity index is 1.65. The third-order valence-electron chi connectivity index (χ3n) is 10.6. The molecule has 7 atom stereocenters. The van der Waals surface area contributed by atoms with Crippen molar-refractivity contribution in [2.75, 3.05) is 0 Å². The molecule has 27 heavy (non-hydrogen) atoms. The molecule has 0 radical (unpaired) electrons. The molecular formula is C27H44. The predicted octanol–water partition coefficient (Wildman–Crippen LogP) is 8.34. The lowest BCUT2D eigenvalue weighted by molar-refractivity contribution is -0.0819. The molecule has 0 N–H and O–H groups in total. The Kier molecular flexibility index (Phi) is 4.96. The second-order valence-electron chi connectivity index (χ2n) is 11.8. The van der Waals surface area contributed by atoms with Crippen LogP contribution in [-0.2, 0) is 0 Å². The Labute approximate surface area is 169 Å². The predicted molar refractivity (Wildman–Crippen MR) is 118 cm³/mol. The van der Waals surface area contributed by atoms with E-state index in [9.17, 15) is 0 Å². The van der Waals surface area contributed by atoms with Gasteiger partial charge in [0.1, 0.15) is 0 Å². The van der Waals surface area contributed by atoms with E-state index in [4.69, 9.17) is 0 Å². The Hall–Kier alpha value is -0.520. The molecule has 0 aromatic rings. The largest absolute Gasteiger partial charge is 0.0998 e. The zero-order valence-corrected chi connectivity index (χ0v) is 18.9. The topological polar surface area (TPSA) is 0 Å². The highest BCUT2D eigenvalue weighted by atomic mass is 14.6. The number of rotatable bonds is 2. The van der Waals surface area contributed by atoms with E-state index in [0.29, 0.717) is 16.2 Å². The quantitative estimate of drug-likeness (QED) is 0.430. The van der Waals surface area contributed by atoms with Gasteiger partial charge in [-0.15, -0.1) is 0 Å². The summed E-state index contributed by atoms with van der Waals surface area (Å²) in [5, 5.41) is 0. The average Bonchev–Trinajstić information content (AvgIpc) is 2.77. The summed E-state index contributed by atoms with van der Waals surface area (Å²) in [4.78, 5) is 0. The maximum atomic E-state index is 4.42. The minimum Gasteiger partial charge on any atom is -0.0998 e. The van der Waals surface area contributed by atoms with Gasteiger partial charge in [-0.1, -0.05) is 64.3 Å². The molecule has 0 aromatic carbocycles. The van der Waals surface area contributed by atoms with E-state index in [0.717, 1.165) is 23.7 Å². The second kappa shape index (κ2) is 6.77. The fraction of sp³-hybridized carbons (Fsp3) is 0.852. The van der Waals surface area contributed by atoms with Gasteiger partial charge in [0.25, 0.3) is 0 Å². The molecule has 0 spiro atoms. The highest BCUT2D eigenvalue weighted by Gasteiger charge is 2.57. The maximum absolute atomic E-state index is 4.42. The Morgan fingerprint density at radius 3 is 2.52 bits per heavy atom. The van der Waals surface area contributed by atoms with Gasteiger partial charge in [0.05, 0.1) is 0 Å². The van der Waals surface area contributed by atoms with Crippen molar-refractivity contribution < 1.29 is 0 Å². The number of allylic oxidation sites excluding steroid dienone is 3. The van der Waals surface area contributed by atoms with Crippen molar-refractivity contribution in [1.82, 2.24) is 0 Å². The van der Waals surface area contributed by atoms with Crippen molar-refractivity contribution in [1.29, 1.82) is 0 Å². The van der Waals surface area contributed by atoms with Gasteiger partial charge < -0.3 is 0 Å². The molecule has 0 bridgehead atoms. The van der Waals surface area contributed by atoms with Crippen molar-refractivity contribution in [3.05, 3.63) is 23.8 Å². The summed E-state index contributed by atoms with van der Waals surface area (Å²) in [5.74, 6) is 3.58. The van der Waals surface area contributed by atoms with E-state index >= 15 is 0 Å². The molecule has 0 saturated heterocycles. The second-order valence-corrected chi connectivity index (χ2v) is 11.8. The van der Waals surface area contributed by atoms with Crippen molar-refractivity contribution >= 4 is 0 Å². The molecule has 6 unspecified atom stereocenters. The normalized spacial score (nSPS) is 49.9. The van der Waals surface area contributed by atoms with E-state index < -0.39 is 0 Å². The van der Waals surface area contributed by atoms with Crippen LogP contribution in [0.5, 0.6) is 0 Å². The van der Waals surface area contributed by atoms with Gasteiger partial charge in [0, 0.05) is 0 Å². The lowest BCUT2D eigenvalue weighted by atomic mass is 9.44. The molecule has 3 fully saturated rings. The minimum atomic E-state index is 0.493. The van der Waals surface area contributed by atoms with Crippen LogP contribution in [0, 0.1) is 39.9 Å². The molecule has 4 rings (SSSR count). The van der Waals surface area contributed by atoms with Gasteiger partial charge in [0.15, 0.2) is 0 Å². The van der Waals surface area contributed by atoms with E-state index in [1.54, 1.807) is 0 Å². The van der Waals surface area contributed by atoms with Gasteiger partial charge in [0.2, 0.25) is 0 Å². The molecule has 0 nitrogen and oxygen atoms in total. The van der Waals surface area contributed by atoms with Gasteiger partial charge in [-0.3, -0.25) is 0 Å². The molecule has 3 saturated carbocycles. The van der Waals surface area contributed by atoms with Gasteiger partial charge in [-0.05, 0) is 105 Å². The van der Waals surface area contributed by atoms with Gasteiger partial charge in [-0.25, -0.2) is 0 Å². The summed E-state index contributed by atoms with van der Waals surface area (Å²) in [6.07, 6.45) is 18.4. The highest BCUT2D eigenvalue weighted by molar-refractivity contribution is 5.25. The van der Waals surface area contributed by atoms with E-state index in [1.807, 2.05) is 5.57 Å². The van der Waals surface area contributed by atoms with Crippen molar-refractivity contribution in [3.63, 3.8) is 0 Å². The average molecular weight is 369 g/mol. The Bertz CT molecular complexity index is 626. The maximum Gasteiger partial charge on any atom is -0.00851 e. The third-order valence-corrected chi connectivity index (χ3v) is 10.6. The number of fused-ring (bicyclic) bond motifs is 5. The first kappa shape index (κ1) is 19.8. The Morgan fingerprint density at radius 1 is 1.04 bits per heavy atom. The minimum absolute atomic E-state index is 0.493. The summed E-state index contributed by atoms with van der Waals surface area (Å²) in [6.45, 7) is 17.0. The van der Waals surface area contributed by atoms with Crippen LogP contribution in [0.2, 0.25) is 0 Å². The van der Waals surface area contributed by atoms with Crippen molar-refractivity contribution in [3.8, 4) is 0 Å². The lowest BCUT2D eigenvalue weighted by Crippen LogP contribution is -2.53. The zero-order valence-electron chi connectivity index (χ0n) is 18.9. The lowest BCUT2D eigenvalue weighted by Gasteiger charge is -2.61. The fourth-order valence-corrected chi connectivity index (χ4v) is 8.37. The fourth-order valence-electron chi connectivity index (χ4n) is 8.37. The molecule has 0 aliphatic heterocycles. The molecule has 152 valence electrons. The highest BCUT2D eigenvalue weighted by Crippen LogP contribution is 2.66. The van der Waals surface area contributed by atoms with Crippen LogP contribution in [0.1, 0.15) is 105 Å². The monoisotopic (exact) mass is 368 g/mol. The van der Waals surface area contributed by atoms with Crippen LogP contribution in [-0.4, -0.2) is 0 Å². The standard InChI is InChI=1S/C27H44/c1-7-25(4)15-13-20-11-12-21-23-10-8-9-22(19(2)3)27(23,6)16-14-24(21)26(20,5)18-17-25/h11,21-24H,2,7-10,12-18H2,1,3-6H3/t21?,22?,23?,24?,25-,26?,27?/m0/s1. The van der Waals surface area contributed by atoms with Crippen molar-refractivity contribution in [2.45, 2.75) is 105 Å². The van der Waals surface area contributed by atoms with E-state index in [1.165, 1.54) is 76.2 Å². The SMILES string of the molecule is C=C(C)C1CCCC2C3CC=C4CC[C@](C)(CC)CCC4(C)C3CCC12C. The first-order valence-corrected chi connectivity index (χ1v) is 12.1. The molecule has 4 aliphatic rings. The zero-order chi connectivity index (χ0) is 19.4. The smallest absolute Gasteiger partial charge is 0.00851 e. The van der Waals surface area contributed by atoms with Crippen LogP contribution in [0.15, 0.2) is 23.8 Å². The summed E-state index contributed by atoms with van der Waals surface area (Å²) >= 11 is 0. The van der Waals surface area contributed by atoms with Crippen molar-refractivity contribution in [2.24, 2.45) is 39.9 Å².